The molecule has 1 aliphatic carbocycles. The maximum Gasteiger partial charge on any atom is 0.225 e. The number of ether oxygens (including phenoxy) is 2. The van der Waals surface area contributed by atoms with Gasteiger partial charge in [0.05, 0.1) is 14.2 Å². The monoisotopic (exact) mass is 300 g/mol. The molecule has 1 saturated carbocycles. The van der Waals surface area contributed by atoms with Gasteiger partial charge in [0.2, 0.25) is 5.95 Å². The average molecular weight is 300 g/mol. The van der Waals surface area contributed by atoms with E-state index in [2.05, 4.69) is 20.6 Å². The third-order valence-corrected chi connectivity index (χ3v) is 3.42. The van der Waals surface area contributed by atoms with Gasteiger partial charge in [-0.15, -0.1) is 0 Å². The van der Waals surface area contributed by atoms with E-state index in [1.165, 1.54) is 12.8 Å². The molecule has 0 radical (unpaired) electrons. The standard InChI is InChI=1S/C16H20N4O2/c1-10-8-15(20-16(17-10)19-11-4-5-11)18-12-6-7-13(21-2)14(9-12)22-3/h6-9,11H,4-5H2,1-3H3,(H2,17,18,19,20). The van der Waals surface area contributed by atoms with Crippen LogP contribution < -0.4 is 20.1 Å². The molecule has 1 aromatic carbocycles. The number of methoxy groups -OCH3 is 2. The number of nitrogens with zero attached hydrogens (tertiary/aromatic N) is 2. The third-order valence-electron chi connectivity index (χ3n) is 3.42. The van der Waals surface area contributed by atoms with Crippen molar-refractivity contribution in [2.45, 2.75) is 25.8 Å². The first-order valence-electron chi connectivity index (χ1n) is 7.29. The van der Waals surface area contributed by atoms with E-state index in [9.17, 15) is 0 Å². The van der Waals surface area contributed by atoms with Crippen LogP contribution in [0, 0.1) is 6.92 Å². The van der Waals surface area contributed by atoms with Gasteiger partial charge in [0.15, 0.2) is 11.5 Å². The van der Waals surface area contributed by atoms with Crippen LogP contribution in [0.4, 0.5) is 17.5 Å². The first-order valence-corrected chi connectivity index (χ1v) is 7.29. The number of hydrogen-bond donors (Lipinski definition) is 2. The fraction of sp³-hybridized carbons (Fsp3) is 0.375. The third kappa shape index (κ3) is 3.39. The minimum absolute atomic E-state index is 0.524. The van der Waals surface area contributed by atoms with Gasteiger partial charge in [-0.3, -0.25) is 0 Å². The molecule has 0 aliphatic heterocycles. The van der Waals surface area contributed by atoms with Crippen LogP contribution in [-0.4, -0.2) is 30.2 Å². The van der Waals surface area contributed by atoms with E-state index in [0.29, 0.717) is 23.5 Å². The average Bonchev–Trinajstić information content (AvgIpc) is 3.30. The van der Waals surface area contributed by atoms with Gasteiger partial charge in [-0.1, -0.05) is 0 Å². The summed E-state index contributed by atoms with van der Waals surface area (Å²) in [4.78, 5) is 8.91. The number of benzene rings is 1. The van der Waals surface area contributed by atoms with Crippen LogP contribution in [-0.2, 0) is 0 Å². The van der Waals surface area contributed by atoms with Crippen LogP contribution in [0.5, 0.6) is 11.5 Å². The highest BCUT2D eigenvalue weighted by atomic mass is 16.5. The summed E-state index contributed by atoms with van der Waals surface area (Å²) in [7, 11) is 3.24. The smallest absolute Gasteiger partial charge is 0.225 e. The van der Waals surface area contributed by atoms with Crippen molar-refractivity contribution in [3.63, 3.8) is 0 Å². The second kappa shape index (κ2) is 6.09. The number of anilines is 3. The SMILES string of the molecule is COc1ccc(Nc2cc(C)nc(NC3CC3)n2)cc1OC. The van der Waals surface area contributed by atoms with Crippen LogP contribution in [0.15, 0.2) is 24.3 Å². The molecule has 116 valence electrons. The molecule has 0 unspecified atom stereocenters. The molecule has 0 amide bonds. The van der Waals surface area contributed by atoms with Gasteiger partial charge >= 0.3 is 0 Å². The van der Waals surface area contributed by atoms with Gasteiger partial charge in [0.1, 0.15) is 5.82 Å². The normalized spacial score (nSPS) is 13.6. The molecule has 6 nitrogen and oxygen atoms in total. The van der Waals surface area contributed by atoms with Crippen LogP contribution in [0.3, 0.4) is 0 Å². The quantitative estimate of drug-likeness (QED) is 0.854. The Bertz CT molecular complexity index is 671. The van der Waals surface area contributed by atoms with Crippen LogP contribution in [0.25, 0.3) is 0 Å². The molecule has 1 aliphatic rings. The van der Waals surface area contributed by atoms with Crippen molar-refractivity contribution in [1.29, 1.82) is 0 Å². The lowest BCUT2D eigenvalue weighted by molar-refractivity contribution is 0.355. The van der Waals surface area contributed by atoms with E-state index < -0.39 is 0 Å². The molecular weight excluding hydrogens is 280 g/mol. The second-order valence-corrected chi connectivity index (χ2v) is 5.33. The van der Waals surface area contributed by atoms with Gasteiger partial charge in [0, 0.05) is 29.6 Å². The maximum absolute atomic E-state index is 5.31. The van der Waals surface area contributed by atoms with Crippen molar-refractivity contribution in [2.24, 2.45) is 0 Å². The lowest BCUT2D eigenvalue weighted by atomic mass is 10.2. The van der Waals surface area contributed by atoms with Crippen LogP contribution in [0.1, 0.15) is 18.5 Å². The molecule has 3 rings (SSSR count). The zero-order valence-electron chi connectivity index (χ0n) is 13.0. The Morgan fingerprint density at radius 1 is 1.05 bits per heavy atom. The molecule has 6 heteroatoms. The number of aryl methyl sites for hydroxylation is 1. The molecule has 0 saturated heterocycles. The molecule has 2 aromatic rings. The van der Waals surface area contributed by atoms with Gasteiger partial charge in [0.25, 0.3) is 0 Å². The van der Waals surface area contributed by atoms with Gasteiger partial charge in [-0.25, -0.2) is 4.98 Å². The van der Waals surface area contributed by atoms with Crippen molar-refractivity contribution >= 4 is 17.5 Å². The Labute approximate surface area is 129 Å². The topological polar surface area (TPSA) is 68.3 Å². The molecule has 1 heterocycles. The highest BCUT2D eigenvalue weighted by molar-refractivity contribution is 5.62. The molecule has 2 N–H and O–H groups in total. The molecule has 0 spiro atoms. The Balaban J connectivity index is 1.81. The molecule has 1 fully saturated rings. The van der Waals surface area contributed by atoms with E-state index in [-0.39, 0.29) is 0 Å². The predicted octanol–water partition coefficient (Wildman–Crippen LogP) is 3.12. The van der Waals surface area contributed by atoms with Crippen molar-refractivity contribution in [1.82, 2.24) is 9.97 Å². The first kappa shape index (κ1) is 14.4. The Hall–Kier alpha value is -2.50. The van der Waals surface area contributed by atoms with E-state index in [1.54, 1.807) is 14.2 Å². The number of nitrogens with one attached hydrogen (secondary N) is 2. The second-order valence-electron chi connectivity index (χ2n) is 5.33. The van der Waals surface area contributed by atoms with Crippen molar-refractivity contribution < 1.29 is 9.47 Å². The molecule has 1 aromatic heterocycles. The Kier molecular flexibility index (Phi) is 4.00. The van der Waals surface area contributed by atoms with E-state index >= 15 is 0 Å². The van der Waals surface area contributed by atoms with Crippen LogP contribution >= 0.6 is 0 Å². The van der Waals surface area contributed by atoms with E-state index in [0.717, 1.165) is 17.2 Å². The first-order chi connectivity index (χ1) is 10.7. The summed E-state index contributed by atoms with van der Waals surface area (Å²) in [5, 5.41) is 6.59. The van der Waals surface area contributed by atoms with Gasteiger partial charge in [-0.2, -0.15) is 4.98 Å². The minimum Gasteiger partial charge on any atom is -0.493 e. The van der Waals surface area contributed by atoms with Crippen molar-refractivity contribution in [3.05, 3.63) is 30.0 Å². The van der Waals surface area contributed by atoms with E-state index in [4.69, 9.17) is 9.47 Å². The van der Waals surface area contributed by atoms with Gasteiger partial charge < -0.3 is 20.1 Å². The summed E-state index contributed by atoms with van der Waals surface area (Å²) in [5.74, 6) is 2.80. The molecule has 0 atom stereocenters. The van der Waals surface area contributed by atoms with Crippen molar-refractivity contribution in [2.75, 3.05) is 24.9 Å². The summed E-state index contributed by atoms with van der Waals surface area (Å²) in [6.45, 7) is 1.96. The number of aromatic nitrogens is 2. The summed E-state index contributed by atoms with van der Waals surface area (Å²) in [5.41, 5.74) is 1.80. The predicted molar refractivity (Wildman–Crippen MR) is 86.2 cm³/mol. The highest BCUT2D eigenvalue weighted by Crippen LogP contribution is 2.31. The van der Waals surface area contributed by atoms with Gasteiger partial charge in [-0.05, 0) is 31.9 Å². The molecular formula is C16H20N4O2. The number of rotatable bonds is 6. The fourth-order valence-corrected chi connectivity index (χ4v) is 2.17. The zero-order valence-corrected chi connectivity index (χ0v) is 13.0. The molecule has 0 bridgehead atoms. The Morgan fingerprint density at radius 3 is 2.50 bits per heavy atom. The fourth-order valence-electron chi connectivity index (χ4n) is 2.17. The minimum atomic E-state index is 0.524. The summed E-state index contributed by atoms with van der Waals surface area (Å²) < 4.78 is 10.6. The Morgan fingerprint density at radius 2 is 1.82 bits per heavy atom. The maximum atomic E-state index is 5.31. The van der Waals surface area contributed by atoms with E-state index in [1.807, 2.05) is 31.2 Å². The lowest BCUT2D eigenvalue weighted by Crippen LogP contribution is -2.07. The highest BCUT2D eigenvalue weighted by Gasteiger charge is 2.22. The van der Waals surface area contributed by atoms with Crippen LogP contribution in [0.2, 0.25) is 0 Å². The largest absolute Gasteiger partial charge is 0.493 e. The number of hydrogen-bond acceptors (Lipinski definition) is 6. The summed E-state index contributed by atoms with van der Waals surface area (Å²) >= 11 is 0. The summed E-state index contributed by atoms with van der Waals surface area (Å²) in [6.07, 6.45) is 2.38. The molecule has 22 heavy (non-hydrogen) atoms. The zero-order chi connectivity index (χ0) is 15.5. The lowest BCUT2D eigenvalue weighted by Gasteiger charge is -2.12. The summed E-state index contributed by atoms with van der Waals surface area (Å²) in [6, 6.07) is 8.10. The van der Waals surface area contributed by atoms with Crippen molar-refractivity contribution in [3.8, 4) is 11.5 Å².